The number of phenolic OH excluding ortho intramolecular Hbond substituents is 1. The average molecular weight is 277 g/mol. The molecule has 0 fully saturated rings. The van der Waals surface area contributed by atoms with Crippen molar-refractivity contribution in [3.63, 3.8) is 0 Å². The first-order valence-electron chi connectivity index (χ1n) is 5.37. The third-order valence-electron chi connectivity index (χ3n) is 2.75. The van der Waals surface area contributed by atoms with Gasteiger partial charge in [0.25, 0.3) is 0 Å². The van der Waals surface area contributed by atoms with Crippen LogP contribution in [0.5, 0.6) is 5.75 Å². The second-order valence-electron chi connectivity index (χ2n) is 3.90. The minimum Gasteiger partial charge on any atom is -0.507 e. The van der Waals surface area contributed by atoms with Crippen molar-refractivity contribution in [1.29, 1.82) is 0 Å². The predicted octanol–water partition coefficient (Wildman–Crippen LogP) is 4.03. The van der Waals surface area contributed by atoms with Crippen molar-refractivity contribution in [2.24, 2.45) is 0 Å². The minimum atomic E-state index is 0.219. The van der Waals surface area contributed by atoms with Gasteiger partial charge in [0.15, 0.2) is 0 Å². The molecule has 18 heavy (non-hydrogen) atoms. The molecule has 3 aromatic rings. The van der Waals surface area contributed by atoms with E-state index in [9.17, 15) is 5.11 Å². The lowest BCUT2D eigenvalue weighted by atomic mass is 10.0. The van der Waals surface area contributed by atoms with Crippen LogP contribution in [0.25, 0.3) is 21.3 Å². The number of benzene rings is 1. The molecular formula is C13H9ClN2OS. The van der Waals surface area contributed by atoms with Gasteiger partial charge in [-0.3, -0.25) is 0 Å². The number of aromatic hydroxyl groups is 1. The summed E-state index contributed by atoms with van der Waals surface area (Å²) in [6.07, 6.45) is 1.71. The lowest BCUT2D eigenvalue weighted by molar-refractivity contribution is 0.477. The third-order valence-corrected chi connectivity index (χ3v) is 3.96. The van der Waals surface area contributed by atoms with E-state index >= 15 is 0 Å². The molecule has 0 saturated carbocycles. The van der Waals surface area contributed by atoms with Gasteiger partial charge in [0, 0.05) is 22.2 Å². The maximum Gasteiger partial charge on any atom is 0.222 e. The first-order chi connectivity index (χ1) is 8.66. The molecule has 0 spiro atoms. The van der Waals surface area contributed by atoms with Gasteiger partial charge in [0.2, 0.25) is 5.28 Å². The van der Waals surface area contributed by atoms with E-state index in [1.54, 1.807) is 29.7 Å². The molecule has 2 aromatic heterocycles. The van der Waals surface area contributed by atoms with Crippen LogP contribution in [0.1, 0.15) is 4.88 Å². The summed E-state index contributed by atoms with van der Waals surface area (Å²) in [5.74, 6) is 0.245. The van der Waals surface area contributed by atoms with Crippen molar-refractivity contribution in [2.75, 3.05) is 0 Å². The van der Waals surface area contributed by atoms with Gasteiger partial charge in [-0.25, -0.2) is 9.97 Å². The molecule has 0 aliphatic rings. The van der Waals surface area contributed by atoms with Gasteiger partial charge in [-0.15, -0.1) is 11.3 Å². The van der Waals surface area contributed by atoms with Crippen molar-refractivity contribution in [2.45, 2.75) is 6.92 Å². The van der Waals surface area contributed by atoms with Crippen LogP contribution in [0.2, 0.25) is 5.28 Å². The molecular weight excluding hydrogens is 268 g/mol. The first kappa shape index (κ1) is 11.4. The number of aromatic nitrogens is 2. The molecule has 0 aliphatic heterocycles. The van der Waals surface area contributed by atoms with Crippen LogP contribution in [0.3, 0.4) is 0 Å². The fourth-order valence-corrected chi connectivity index (χ4v) is 3.11. The number of halogens is 1. The van der Waals surface area contributed by atoms with Crippen LogP contribution in [-0.2, 0) is 0 Å². The Morgan fingerprint density at radius 2 is 2.06 bits per heavy atom. The maximum atomic E-state index is 9.96. The zero-order chi connectivity index (χ0) is 12.7. The van der Waals surface area contributed by atoms with E-state index in [2.05, 4.69) is 9.97 Å². The molecule has 3 rings (SSSR count). The summed E-state index contributed by atoms with van der Waals surface area (Å²) in [6, 6.07) is 7.23. The van der Waals surface area contributed by atoms with Crippen LogP contribution in [0, 0.1) is 6.92 Å². The SMILES string of the molecule is Cc1sc2cnc(Cl)nc2c1-c1ccccc1O. The smallest absolute Gasteiger partial charge is 0.222 e. The molecule has 3 nitrogen and oxygen atoms in total. The van der Waals surface area contributed by atoms with Gasteiger partial charge in [0.05, 0.1) is 10.2 Å². The first-order valence-corrected chi connectivity index (χ1v) is 6.56. The normalized spacial score (nSPS) is 11.0. The van der Waals surface area contributed by atoms with Crippen LogP contribution >= 0.6 is 22.9 Å². The van der Waals surface area contributed by atoms with Crippen molar-refractivity contribution >= 4 is 33.2 Å². The van der Waals surface area contributed by atoms with Crippen LogP contribution in [-0.4, -0.2) is 15.1 Å². The summed E-state index contributed by atoms with van der Waals surface area (Å²) in [4.78, 5) is 9.33. The van der Waals surface area contributed by atoms with E-state index in [0.717, 1.165) is 26.2 Å². The molecule has 0 unspecified atom stereocenters. The topological polar surface area (TPSA) is 46.0 Å². The molecule has 0 saturated heterocycles. The van der Waals surface area contributed by atoms with Crippen molar-refractivity contribution in [3.05, 3.63) is 40.6 Å². The molecule has 0 radical (unpaired) electrons. The Bertz CT molecular complexity index is 739. The van der Waals surface area contributed by atoms with Crippen molar-refractivity contribution in [3.8, 4) is 16.9 Å². The molecule has 2 heterocycles. The Hall–Kier alpha value is -1.65. The van der Waals surface area contributed by atoms with Gasteiger partial charge in [-0.2, -0.15) is 0 Å². The number of hydrogen-bond donors (Lipinski definition) is 1. The summed E-state index contributed by atoms with van der Waals surface area (Å²) in [6.45, 7) is 2.00. The Balaban J connectivity index is 2.38. The standard InChI is InChI=1S/C13H9ClN2OS/c1-7-11(8-4-2-3-5-9(8)17)12-10(18-7)6-15-13(14)16-12/h2-6,17H,1H3. The van der Waals surface area contributed by atoms with Crippen molar-refractivity contribution < 1.29 is 5.11 Å². The second kappa shape index (κ2) is 4.23. The van der Waals surface area contributed by atoms with Gasteiger partial charge in [-0.1, -0.05) is 18.2 Å². The lowest BCUT2D eigenvalue weighted by Crippen LogP contribution is -1.84. The fraction of sp³-hybridized carbons (Fsp3) is 0.0769. The number of aryl methyl sites for hydroxylation is 1. The number of phenols is 1. The lowest BCUT2D eigenvalue weighted by Gasteiger charge is -2.04. The summed E-state index contributed by atoms with van der Waals surface area (Å²) in [7, 11) is 0. The van der Waals surface area contributed by atoms with Gasteiger partial charge < -0.3 is 5.11 Å². The number of thiophene rings is 1. The van der Waals surface area contributed by atoms with Crippen LogP contribution < -0.4 is 0 Å². The number of fused-ring (bicyclic) bond motifs is 1. The van der Waals surface area contributed by atoms with Gasteiger partial charge >= 0.3 is 0 Å². The quantitative estimate of drug-likeness (QED) is 0.683. The molecule has 0 amide bonds. The highest BCUT2D eigenvalue weighted by atomic mass is 35.5. The molecule has 0 atom stereocenters. The van der Waals surface area contributed by atoms with Gasteiger partial charge in [-0.05, 0) is 24.6 Å². The zero-order valence-electron chi connectivity index (χ0n) is 9.51. The molecule has 90 valence electrons. The predicted molar refractivity (Wildman–Crippen MR) is 74.3 cm³/mol. The number of nitrogens with zero attached hydrogens (tertiary/aromatic N) is 2. The summed E-state index contributed by atoms with van der Waals surface area (Å²) < 4.78 is 0.968. The van der Waals surface area contributed by atoms with Crippen LogP contribution in [0.15, 0.2) is 30.5 Å². The number of hydrogen-bond acceptors (Lipinski definition) is 4. The van der Waals surface area contributed by atoms with E-state index in [4.69, 9.17) is 11.6 Å². The highest BCUT2D eigenvalue weighted by molar-refractivity contribution is 7.19. The number of rotatable bonds is 1. The monoisotopic (exact) mass is 276 g/mol. The number of para-hydroxylation sites is 1. The average Bonchev–Trinajstić information content (AvgIpc) is 2.66. The van der Waals surface area contributed by atoms with Crippen molar-refractivity contribution in [1.82, 2.24) is 9.97 Å². The molecule has 0 bridgehead atoms. The second-order valence-corrected chi connectivity index (χ2v) is 5.50. The Morgan fingerprint density at radius 1 is 1.28 bits per heavy atom. The molecule has 1 N–H and O–H groups in total. The maximum absolute atomic E-state index is 9.96. The fourth-order valence-electron chi connectivity index (χ4n) is 1.99. The zero-order valence-corrected chi connectivity index (χ0v) is 11.1. The van der Waals surface area contributed by atoms with E-state index in [-0.39, 0.29) is 11.0 Å². The summed E-state index contributed by atoms with van der Waals surface area (Å²) in [5, 5.41) is 10.2. The molecule has 1 aromatic carbocycles. The van der Waals surface area contributed by atoms with E-state index in [1.807, 2.05) is 19.1 Å². The Kier molecular flexibility index (Phi) is 2.69. The minimum absolute atomic E-state index is 0.219. The molecule has 5 heteroatoms. The highest BCUT2D eigenvalue weighted by Gasteiger charge is 2.15. The highest BCUT2D eigenvalue weighted by Crippen LogP contribution is 2.40. The summed E-state index contributed by atoms with van der Waals surface area (Å²) >= 11 is 7.44. The van der Waals surface area contributed by atoms with Crippen LogP contribution in [0.4, 0.5) is 0 Å². The molecule has 0 aliphatic carbocycles. The Labute approximate surface area is 113 Å². The largest absolute Gasteiger partial charge is 0.507 e. The van der Waals surface area contributed by atoms with E-state index in [0.29, 0.717) is 0 Å². The summed E-state index contributed by atoms with van der Waals surface area (Å²) in [5.41, 5.74) is 2.49. The Morgan fingerprint density at radius 3 is 2.83 bits per heavy atom. The van der Waals surface area contributed by atoms with Gasteiger partial charge in [0.1, 0.15) is 5.75 Å². The van der Waals surface area contributed by atoms with E-state index in [1.165, 1.54) is 0 Å². The third kappa shape index (κ3) is 1.74. The van der Waals surface area contributed by atoms with E-state index < -0.39 is 0 Å².